The Hall–Kier alpha value is -3.29. The Morgan fingerprint density at radius 1 is 1.17 bits per heavy atom. The second kappa shape index (κ2) is 6.10. The van der Waals surface area contributed by atoms with Gasteiger partial charge in [0.1, 0.15) is 18.2 Å². The highest BCUT2D eigenvalue weighted by molar-refractivity contribution is 5.95. The number of hydrogen-bond donors (Lipinski definition) is 0. The van der Waals surface area contributed by atoms with Gasteiger partial charge in [0.05, 0.1) is 17.1 Å². The number of benzene rings is 2. The van der Waals surface area contributed by atoms with Crippen LogP contribution in [0.3, 0.4) is 0 Å². The number of carbonyl (C=O) groups excluding carboxylic acids is 1. The average Bonchev–Trinajstić information content (AvgIpc) is 3.10. The summed E-state index contributed by atoms with van der Waals surface area (Å²) < 4.78 is 24.6. The lowest BCUT2D eigenvalue weighted by atomic mass is 9.73. The number of ether oxygens (including phenoxy) is 1. The number of rotatable bonds is 1. The predicted molar refractivity (Wildman–Crippen MR) is 109 cm³/mol. The highest BCUT2D eigenvalue weighted by Crippen LogP contribution is 2.44. The molecule has 1 unspecified atom stereocenters. The van der Waals surface area contributed by atoms with E-state index >= 15 is 0 Å². The Balaban J connectivity index is 1.15. The van der Waals surface area contributed by atoms with E-state index in [0.717, 1.165) is 29.9 Å². The second-order valence-corrected chi connectivity index (χ2v) is 8.64. The van der Waals surface area contributed by atoms with Crippen molar-refractivity contribution in [3.05, 3.63) is 48.3 Å². The van der Waals surface area contributed by atoms with Crippen LogP contribution in [0.2, 0.25) is 0 Å². The lowest BCUT2D eigenvalue weighted by Crippen LogP contribution is -2.74. The molecular weight excluding hydrogens is 387 g/mol. The molecule has 1 aromatic heterocycles. The maximum atomic E-state index is 13.6. The first-order valence-electron chi connectivity index (χ1n) is 10.1. The molecule has 4 heterocycles. The van der Waals surface area contributed by atoms with Gasteiger partial charge >= 0.3 is 6.03 Å². The zero-order chi connectivity index (χ0) is 20.5. The molecule has 0 aliphatic carbocycles. The molecule has 2 aromatic carbocycles. The third-order valence-corrected chi connectivity index (χ3v) is 6.34. The number of para-hydroxylation sites is 1. The van der Waals surface area contributed by atoms with Gasteiger partial charge in [0.15, 0.2) is 11.4 Å². The maximum Gasteiger partial charge on any atom is 0.325 e. The van der Waals surface area contributed by atoms with Crippen molar-refractivity contribution in [2.75, 3.05) is 42.6 Å². The van der Waals surface area contributed by atoms with Crippen molar-refractivity contribution in [1.82, 2.24) is 10.1 Å². The molecule has 3 aliphatic heterocycles. The van der Waals surface area contributed by atoms with Crippen molar-refractivity contribution in [2.24, 2.45) is 5.41 Å². The summed E-state index contributed by atoms with van der Waals surface area (Å²) in [6.45, 7) is 5.42. The summed E-state index contributed by atoms with van der Waals surface area (Å²) in [5.41, 5.74) is 1.53. The number of amides is 2. The number of nitrogens with zero attached hydrogens (tertiary/aromatic N) is 4. The molecule has 3 aliphatic rings. The fourth-order valence-electron chi connectivity index (χ4n) is 4.88. The number of halogens is 1. The fraction of sp³-hybridized carbons (Fsp3) is 0.364. The van der Waals surface area contributed by atoms with Gasteiger partial charge in [0, 0.05) is 37.7 Å². The van der Waals surface area contributed by atoms with Crippen LogP contribution >= 0.6 is 0 Å². The van der Waals surface area contributed by atoms with Gasteiger partial charge in [-0.2, -0.15) is 0 Å². The molecule has 30 heavy (non-hydrogen) atoms. The number of carbonyl (C=O) groups is 1. The number of urea groups is 1. The van der Waals surface area contributed by atoms with Crippen LogP contribution in [0.15, 0.2) is 47.0 Å². The monoisotopic (exact) mass is 408 g/mol. The van der Waals surface area contributed by atoms with Gasteiger partial charge in [-0.25, -0.2) is 9.18 Å². The first-order chi connectivity index (χ1) is 14.5. The van der Waals surface area contributed by atoms with E-state index in [1.807, 2.05) is 36.1 Å². The molecule has 0 N–H and O–H groups in total. The van der Waals surface area contributed by atoms with Crippen LogP contribution in [0.4, 0.5) is 20.7 Å². The zero-order valence-electron chi connectivity index (χ0n) is 16.5. The van der Waals surface area contributed by atoms with E-state index in [4.69, 9.17) is 9.26 Å². The van der Waals surface area contributed by atoms with Gasteiger partial charge in [-0.3, -0.25) is 4.90 Å². The van der Waals surface area contributed by atoms with Crippen molar-refractivity contribution in [1.29, 1.82) is 0 Å². The number of aromatic nitrogens is 1. The molecular formula is C22H21FN4O3. The van der Waals surface area contributed by atoms with Crippen molar-refractivity contribution in [3.8, 4) is 5.75 Å². The van der Waals surface area contributed by atoms with Gasteiger partial charge < -0.3 is 19.1 Å². The van der Waals surface area contributed by atoms with E-state index in [-0.39, 0.29) is 23.3 Å². The van der Waals surface area contributed by atoms with E-state index in [0.29, 0.717) is 31.1 Å². The topological polar surface area (TPSA) is 62.1 Å². The first kappa shape index (κ1) is 17.6. The summed E-state index contributed by atoms with van der Waals surface area (Å²) in [7, 11) is 0. The SMILES string of the molecule is CC1COc2cc(F)ccc2N1C(=O)N1CC2(C1)CN(c1noc3ccccc13)C2. The first-order valence-corrected chi connectivity index (χ1v) is 10.1. The molecule has 0 saturated carbocycles. The van der Waals surface area contributed by atoms with Crippen LogP contribution in [0.1, 0.15) is 6.92 Å². The number of likely N-dealkylation sites (tertiary alicyclic amines) is 1. The Morgan fingerprint density at radius 2 is 1.97 bits per heavy atom. The number of hydrogen-bond acceptors (Lipinski definition) is 5. The Kier molecular flexibility index (Phi) is 3.57. The third-order valence-electron chi connectivity index (χ3n) is 6.34. The second-order valence-electron chi connectivity index (χ2n) is 8.64. The van der Waals surface area contributed by atoms with Crippen LogP contribution in [0, 0.1) is 11.2 Å². The molecule has 0 bridgehead atoms. The molecule has 1 spiro atoms. The Morgan fingerprint density at radius 3 is 2.80 bits per heavy atom. The summed E-state index contributed by atoms with van der Waals surface area (Å²) in [5.74, 6) is 0.928. The normalized spacial score (nSPS) is 21.8. The predicted octanol–water partition coefficient (Wildman–Crippen LogP) is 3.50. The highest BCUT2D eigenvalue weighted by Gasteiger charge is 2.55. The summed E-state index contributed by atoms with van der Waals surface area (Å²) in [6, 6.07) is 12.0. The largest absolute Gasteiger partial charge is 0.489 e. The molecule has 2 saturated heterocycles. The highest BCUT2D eigenvalue weighted by atomic mass is 19.1. The van der Waals surface area contributed by atoms with Gasteiger partial charge in [-0.1, -0.05) is 17.3 Å². The van der Waals surface area contributed by atoms with Crippen molar-refractivity contribution < 1.29 is 18.4 Å². The maximum absolute atomic E-state index is 13.6. The summed E-state index contributed by atoms with van der Waals surface area (Å²) in [6.07, 6.45) is 0. The van der Waals surface area contributed by atoms with Crippen LogP contribution in [0.5, 0.6) is 5.75 Å². The van der Waals surface area contributed by atoms with E-state index in [1.165, 1.54) is 12.1 Å². The van der Waals surface area contributed by atoms with Gasteiger partial charge in [-0.15, -0.1) is 0 Å². The quantitative estimate of drug-likeness (QED) is 0.617. The fourth-order valence-corrected chi connectivity index (χ4v) is 4.88. The minimum Gasteiger partial charge on any atom is -0.489 e. The summed E-state index contributed by atoms with van der Waals surface area (Å²) >= 11 is 0. The standard InChI is InChI=1S/C22H21FN4O3/c1-14-9-29-19-8-15(23)6-7-17(19)27(14)21(28)26-12-22(13-26)10-25(11-22)20-16-4-2-3-5-18(16)30-24-20/h2-8,14H,9-13H2,1H3. The molecule has 3 aromatic rings. The van der Waals surface area contributed by atoms with Crippen LogP contribution in [-0.2, 0) is 0 Å². The van der Waals surface area contributed by atoms with Gasteiger partial charge in [0.2, 0.25) is 0 Å². The van der Waals surface area contributed by atoms with E-state index in [9.17, 15) is 9.18 Å². The minimum absolute atomic E-state index is 0.0466. The summed E-state index contributed by atoms with van der Waals surface area (Å²) in [4.78, 5) is 19.0. The van der Waals surface area contributed by atoms with Crippen molar-refractivity contribution in [2.45, 2.75) is 13.0 Å². The van der Waals surface area contributed by atoms with Crippen LogP contribution in [-0.4, -0.2) is 54.9 Å². The third kappa shape index (κ3) is 2.49. The Bertz CT molecular complexity index is 1150. The van der Waals surface area contributed by atoms with Gasteiger partial charge in [-0.05, 0) is 31.2 Å². The average molecular weight is 408 g/mol. The Labute approximate surface area is 172 Å². The molecule has 8 heteroatoms. The number of fused-ring (bicyclic) bond motifs is 2. The lowest BCUT2D eigenvalue weighted by Gasteiger charge is -2.60. The summed E-state index contributed by atoms with van der Waals surface area (Å²) in [5, 5.41) is 5.25. The van der Waals surface area contributed by atoms with Crippen molar-refractivity contribution >= 4 is 28.5 Å². The molecule has 1 atom stereocenters. The van der Waals surface area contributed by atoms with E-state index in [2.05, 4.69) is 10.1 Å². The molecule has 2 amide bonds. The van der Waals surface area contributed by atoms with E-state index < -0.39 is 0 Å². The smallest absolute Gasteiger partial charge is 0.325 e. The van der Waals surface area contributed by atoms with Crippen LogP contribution < -0.4 is 14.5 Å². The molecule has 154 valence electrons. The molecule has 2 fully saturated rings. The molecule has 0 radical (unpaired) electrons. The van der Waals surface area contributed by atoms with Crippen molar-refractivity contribution in [3.63, 3.8) is 0 Å². The van der Waals surface area contributed by atoms with E-state index in [1.54, 1.807) is 11.0 Å². The number of anilines is 2. The molecule has 7 nitrogen and oxygen atoms in total. The van der Waals surface area contributed by atoms with Gasteiger partial charge in [0.25, 0.3) is 0 Å². The zero-order valence-corrected chi connectivity index (χ0v) is 16.5. The lowest BCUT2D eigenvalue weighted by molar-refractivity contribution is 0.00843. The van der Waals surface area contributed by atoms with Crippen LogP contribution in [0.25, 0.3) is 11.0 Å². The molecule has 6 rings (SSSR count). The minimum atomic E-state index is -0.367.